The Kier molecular flexibility index (Phi) is 1.99. The highest BCUT2D eigenvalue weighted by atomic mass is 16.1. The van der Waals surface area contributed by atoms with E-state index in [1.165, 1.54) is 6.42 Å². The lowest BCUT2D eigenvalue weighted by Gasteiger charge is -2.58. The van der Waals surface area contributed by atoms with Gasteiger partial charge in [0.15, 0.2) is 0 Å². The zero-order chi connectivity index (χ0) is 11.6. The monoisotopic (exact) mass is 208 g/mol. The molecule has 2 fully saturated rings. The Morgan fingerprint density at radius 1 is 1.20 bits per heavy atom. The van der Waals surface area contributed by atoms with E-state index >= 15 is 0 Å². The van der Waals surface area contributed by atoms with Crippen LogP contribution in [0.2, 0.25) is 0 Å². The van der Waals surface area contributed by atoms with E-state index in [1.807, 2.05) is 0 Å². The fraction of sp³-hybridized carbons (Fsp3) is 0.929. The molecule has 2 saturated carbocycles. The van der Waals surface area contributed by atoms with Gasteiger partial charge in [0, 0.05) is 12.3 Å². The highest BCUT2D eigenvalue weighted by Gasteiger charge is 2.67. The third-order valence-corrected chi connectivity index (χ3v) is 5.35. The number of hydrogen-bond donors (Lipinski definition) is 0. The van der Waals surface area contributed by atoms with Crippen molar-refractivity contribution in [2.75, 3.05) is 0 Å². The van der Waals surface area contributed by atoms with Crippen LogP contribution in [0.3, 0.4) is 0 Å². The van der Waals surface area contributed by atoms with Gasteiger partial charge in [-0.05, 0) is 28.6 Å². The minimum Gasteiger partial charge on any atom is -0.299 e. The molecule has 3 atom stereocenters. The van der Waals surface area contributed by atoms with Crippen molar-refractivity contribution in [3.8, 4) is 0 Å². The first-order valence-electron chi connectivity index (χ1n) is 6.12. The molecule has 15 heavy (non-hydrogen) atoms. The lowest BCUT2D eigenvalue weighted by Crippen LogP contribution is -2.54. The van der Waals surface area contributed by atoms with Gasteiger partial charge < -0.3 is 0 Å². The molecule has 2 rings (SSSR count). The van der Waals surface area contributed by atoms with Gasteiger partial charge in [-0.1, -0.05) is 41.5 Å². The van der Waals surface area contributed by atoms with Crippen LogP contribution in [0.15, 0.2) is 0 Å². The fourth-order valence-corrected chi connectivity index (χ4v) is 3.82. The SMILES string of the molecule is CC(C)(C)C1CC2(C)C1C(=O)CC2(C)C. The maximum atomic E-state index is 12.1. The number of carbonyl (C=O) groups excluding carboxylic acids is 1. The van der Waals surface area contributed by atoms with E-state index in [1.54, 1.807) is 0 Å². The standard InChI is InChI=1S/C14H24O/c1-12(2,3)9-7-14(6)11(9)10(15)8-13(14,4)5/h9,11H,7-8H2,1-6H3. The van der Waals surface area contributed by atoms with Gasteiger partial charge in [0.1, 0.15) is 5.78 Å². The van der Waals surface area contributed by atoms with Gasteiger partial charge in [0.05, 0.1) is 0 Å². The Balaban J connectivity index is 2.30. The maximum Gasteiger partial charge on any atom is 0.137 e. The molecule has 3 unspecified atom stereocenters. The van der Waals surface area contributed by atoms with Gasteiger partial charge in [0.2, 0.25) is 0 Å². The minimum absolute atomic E-state index is 0.219. The first-order valence-corrected chi connectivity index (χ1v) is 6.12. The molecule has 0 spiro atoms. The fourth-order valence-electron chi connectivity index (χ4n) is 3.82. The molecular weight excluding hydrogens is 184 g/mol. The molecule has 0 N–H and O–H groups in total. The molecule has 0 amide bonds. The van der Waals surface area contributed by atoms with Crippen molar-refractivity contribution < 1.29 is 4.79 Å². The normalized spacial score (nSPS) is 43.7. The first-order chi connectivity index (χ1) is 6.59. The predicted molar refractivity (Wildman–Crippen MR) is 62.6 cm³/mol. The van der Waals surface area contributed by atoms with Crippen LogP contribution >= 0.6 is 0 Å². The zero-order valence-electron chi connectivity index (χ0n) is 11.0. The largest absolute Gasteiger partial charge is 0.299 e. The second-order valence-electron chi connectivity index (χ2n) is 7.60. The summed E-state index contributed by atoms with van der Waals surface area (Å²) in [7, 11) is 0. The second kappa shape index (κ2) is 2.67. The highest BCUT2D eigenvalue weighted by Crippen LogP contribution is 2.70. The molecule has 86 valence electrons. The van der Waals surface area contributed by atoms with Crippen molar-refractivity contribution in [2.24, 2.45) is 28.1 Å². The topological polar surface area (TPSA) is 17.1 Å². The maximum absolute atomic E-state index is 12.1. The molecule has 0 radical (unpaired) electrons. The van der Waals surface area contributed by atoms with Gasteiger partial charge >= 0.3 is 0 Å². The number of ketones is 1. The van der Waals surface area contributed by atoms with Crippen LogP contribution in [0, 0.1) is 28.1 Å². The summed E-state index contributed by atoms with van der Waals surface area (Å²) in [5.74, 6) is 1.47. The van der Waals surface area contributed by atoms with E-state index in [0.717, 1.165) is 6.42 Å². The average Bonchev–Trinajstić information content (AvgIpc) is 2.04. The van der Waals surface area contributed by atoms with Crippen LogP contribution in [0.25, 0.3) is 0 Å². The molecule has 0 aromatic rings. The summed E-state index contributed by atoms with van der Waals surface area (Å²) < 4.78 is 0. The summed E-state index contributed by atoms with van der Waals surface area (Å²) in [6, 6.07) is 0. The Hall–Kier alpha value is -0.330. The molecule has 1 nitrogen and oxygen atoms in total. The third-order valence-electron chi connectivity index (χ3n) is 5.35. The van der Waals surface area contributed by atoms with Crippen LogP contribution in [0.1, 0.15) is 54.4 Å². The Bertz CT molecular complexity index is 308. The number of rotatable bonds is 0. The predicted octanol–water partition coefficient (Wildman–Crippen LogP) is 3.67. The van der Waals surface area contributed by atoms with E-state index in [9.17, 15) is 4.79 Å². The van der Waals surface area contributed by atoms with E-state index in [0.29, 0.717) is 23.0 Å². The molecule has 0 aliphatic heterocycles. The molecule has 0 saturated heterocycles. The van der Waals surface area contributed by atoms with E-state index in [2.05, 4.69) is 41.5 Å². The number of Topliss-reactive ketones (excluding diaryl/α,β-unsaturated/α-hetero) is 1. The molecule has 0 heterocycles. The van der Waals surface area contributed by atoms with Crippen LogP contribution < -0.4 is 0 Å². The molecule has 0 bridgehead atoms. The van der Waals surface area contributed by atoms with E-state index < -0.39 is 0 Å². The van der Waals surface area contributed by atoms with Gasteiger partial charge in [0.25, 0.3) is 0 Å². The average molecular weight is 208 g/mol. The molecule has 2 aliphatic rings. The van der Waals surface area contributed by atoms with Crippen LogP contribution in [0.5, 0.6) is 0 Å². The summed E-state index contributed by atoms with van der Waals surface area (Å²) >= 11 is 0. The summed E-state index contributed by atoms with van der Waals surface area (Å²) in [6.45, 7) is 13.7. The number of hydrogen-bond acceptors (Lipinski definition) is 1. The van der Waals surface area contributed by atoms with Gasteiger partial charge in [-0.15, -0.1) is 0 Å². The Morgan fingerprint density at radius 2 is 1.73 bits per heavy atom. The smallest absolute Gasteiger partial charge is 0.137 e. The summed E-state index contributed by atoms with van der Waals surface area (Å²) in [5.41, 5.74) is 0.790. The van der Waals surface area contributed by atoms with Crippen LogP contribution in [0.4, 0.5) is 0 Å². The highest BCUT2D eigenvalue weighted by molar-refractivity contribution is 5.87. The summed E-state index contributed by atoms with van der Waals surface area (Å²) in [4.78, 5) is 12.1. The van der Waals surface area contributed by atoms with Crippen molar-refractivity contribution in [2.45, 2.75) is 54.4 Å². The lowest BCUT2D eigenvalue weighted by atomic mass is 9.45. The first kappa shape index (κ1) is 11.2. The molecular formula is C14H24O. The van der Waals surface area contributed by atoms with Crippen molar-refractivity contribution in [1.29, 1.82) is 0 Å². The van der Waals surface area contributed by atoms with E-state index in [4.69, 9.17) is 0 Å². The molecule has 0 aromatic carbocycles. The third kappa shape index (κ3) is 1.24. The van der Waals surface area contributed by atoms with Crippen molar-refractivity contribution in [3.05, 3.63) is 0 Å². The van der Waals surface area contributed by atoms with Gasteiger partial charge in [-0.2, -0.15) is 0 Å². The minimum atomic E-state index is 0.219. The summed E-state index contributed by atoms with van der Waals surface area (Å²) in [5, 5.41) is 0. The van der Waals surface area contributed by atoms with Gasteiger partial charge in [-0.3, -0.25) is 4.79 Å². The van der Waals surface area contributed by atoms with Crippen molar-refractivity contribution in [3.63, 3.8) is 0 Å². The van der Waals surface area contributed by atoms with Gasteiger partial charge in [-0.25, -0.2) is 0 Å². The second-order valence-corrected chi connectivity index (χ2v) is 7.60. The quantitative estimate of drug-likeness (QED) is 0.593. The Morgan fingerprint density at radius 3 is 2.13 bits per heavy atom. The Labute approximate surface area is 93.6 Å². The molecule has 2 aliphatic carbocycles. The summed E-state index contributed by atoms with van der Waals surface area (Å²) in [6.07, 6.45) is 2.03. The lowest BCUT2D eigenvalue weighted by molar-refractivity contribution is -0.144. The zero-order valence-corrected chi connectivity index (χ0v) is 11.0. The number of fused-ring (bicyclic) bond motifs is 1. The van der Waals surface area contributed by atoms with Crippen molar-refractivity contribution in [1.82, 2.24) is 0 Å². The van der Waals surface area contributed by atoms with Crippen molar-refractivity contribution >= 4 is 5.78 Å². The number of carbonyl (C=O) groups is 1. The van der Waals surface area contributed by atoms with Crippen LogP contribution in [-0.2, 0) is 4.79 Å². The molecule has 0 aromatic heterocycles. The van der Waals surface area contributed by atoms with E-state index in [-0.39, 0.29) is 10.8 Å². The van der Waals surface area contributed by atoms with Crippen LogP contribution in [-0.4, -0.2) is 5.78 Å². The molecule has 1 heteroatoms.